The Balaban J connectivity index is 2.38. The number of sulfonamides is 1. The van der Waals surface area contributed by atoms with Gasteiger partial charge in [-0.1, -0.05) is 53.7 Å². The summed E-state index contributed by atoms with van der Waals surface area (Å²) in [7, 11) is -5.50. The fraction of sp³-hybridized carbons (Fsp3) is 0.720. The van der Waals surface area contributed by atoms with Crippen molar-refractivity contribution in [1.29, 1.82) is 0 Å². The number of rotatable bonds is 10. The Morgan fingerprint density at radius 1 is 1.15 bits per heavy atom. The Labute approximate surface area is 208 Å². The van der Waals surface area contributed by atoms with Crippen LogP contribution >= 0.6 is 0 Å². The molecule has 0 aliphatic carbocycles. The van der Waals surface area contributed by atoms with E-state index in [0.717, 1.165) is 17.7 Å². The van der Waals surface area contributed by atoms with Crippen LogP contribution in [0, 0.1) is 0 Å². The number of carbonyl (C=O) groups excluding carboxylic acids is 1. The van der Waals surface area contributed by atoms with Gasteiger partial charge < -0.3 is 14.6 Å². The molecule has 34 heavy (non-hydrogen) atoms. The molecule has 2 N–H and O–H groups in total. The molecule has 0 saturated carbocycles. The lowest BCUT2D eigenvalue weighted by molar-refractivity contribution is 0.134. The molecule has 1 aliphatic rings. The summed E-state index contributed by atoms with van der Waals surface area (Å²) >= 11 is 0. The second-order valence-corrected chi connectivity index (χ2v) is 17.7. The zero-order valence-electron chi connectivity index (χ0n) is 22.2. The molecule has 2 atom stereocenters. The van der Waals surface area contributed by atoms with Gasteiger partial charge in [-0.15, -0.1) is 0 Å². The molecule has 0 unspecified atom stereocenters. The highest BCUT2D eigenvalue weighted by Crippen LogP contribution is 2.42. The van der Waals surface area contributed by atoms with Crippen LogP contribution in [-0.4, -0.2) is 59.1 Å². The van der Waals surface area contributed by atoms with Gasteiger partial charge in [-0.3, -0.25) is 0 Å². The molecule has 0 radical (unpaired) electrons. The number of likely N-dealkylation sites (tertiary alicyclic amines) is 1. The number of carbonyl (C=O) groups is 1. The van der Waals surface area contributed by atoms with Crippen LogP contribution in [0.2, 0.25) is 16.6 Å². The van der Waals surface area contributed by atoms with E-state index in [1.54, 1.807) is 4.90 Å². The molecule has 7 nitrogen and oxygen atoms in total. The molecule has 1 aliphatic heterocycles. The van der Waals surface area contributed by atoms with E-state index in [1.807, 2.05) is 25.1 Å². The number of nitrogens with one attached hydrogen (secondary N) is 2. The number of urea groups is 1. The summed E-state index contributed by atoms with van der Waals surface area (Å²) in [6.45, 7) is 16.6. The van der Waals surface area contributed by atoms with E-state index in [9.17, 15) is 13.2 Å². The van der Waals surface area contributed by atoms with Gasteiger partial charge in [-0.05, 0) is 60.5 Å². The largest absolute Gasteiger partial charge is 0.543 e. The lowest BCUT2D eigenvalue weighted by atomic mass is 9.91. The van der Waals surface area contributed by atoms with Gasteiger partial charge >= 0.3 is 6.03 Å². The molecular weight excluding hydrogens is 466 g/mol. The molecule has 1 aromatic carbocycles. The van der Waals surface area contributed by atoms with E-state index in [-0.39, 0.29) is 18.1 Å². The Morgan fingerprint density at radius 3 is 2.29 bits per heavy atom. The van der Waals surface area contributed by atoms with Crippen LogP contribution in [0.3, 0.4) is 0 Å². The average Bonchev–Trinajstić information content (AvgIpc) is 2.71. The van der Waals surface area contributed by atoms with Gasteiger partial charge in [0, 0.05) is 19.1 Å². The first-order valence-electron chi connectivity index (χ1n) is 12.6. The van der Waals surface area contributed by atoms with Crippen LogP contribution in [-0.2, 0) is 16.4 Å². The molecule has 0 spiro atoms. The third-order valence-electron chi connectivity index (χ3n) is 7.08. The average molecular weight is 512 g/mol. The van der Waals surface area contributed by atoms with Gasteiger partial charge in [-0.25, -0.2) is 17.9 Å². The van der Waals surface area contributed by atoms with Crippen molar-refractivity contribution in [3.05, 3.63) is 29.8 Å². The second-order valence-electron chi connectivity index (χ2n) is 10.5. The molecule has 1 heterocycles. The number of amides is 2. The van der Waals surface area contributed by atoms with E-state index in [0.29, 0.717) is 42.6 Å². The number of hydrogen-bond acceptors (Lipinski definition) is 4. The number of nitrogens with zero attached hydrogens (tertiary/aromatic N) is 1. The maximum atomic E-state index is 12.8. The van der Waals surface area contributed by atoms with Crippen molar-refractivity contribution >= 4 is 24.4 Å². The summed E-state index contributed by atoms with van der Waals surface area (Å²) in [5, 5.41) is 2.88. The SMILES string of the molecule is CCNC(=O)N1CCC[C@@H](NS(C)(=O)=O)[C@H]1Cc1cccc(O[Si](C(C)C)(C(C)C)C(C)C)c1. The van der Waals surface area contributed by atoms with Gasteiger partial charge in [-0.2, -0.15) is 0 Å². The number of piperidine rings is 1. The fourth-order valence-electron chi connectivity index (χ4n) is 5.76. The smallest absolute Gasteiger partial charge is 0.317 e. The first-order chi connectivity index (χ1) is 15.8. The highest BCUT2D eigenvalue weighted by molar-refractivity contribution is 7.88. The van der Waals surface area contributed by atoms with Crippen molar-refractivity contribution in [3.8, 4) is 5.75 Å². The normalized spacial score (nSPS) is 19.7. The van der Waals surface area contributed by atoms with Crippen molar-refractivity contribution in [1.82, 2.24) is 14.9 Å². The minimum atomic E-state index is -3.40. The first-order valence-corrected chi connectivity index (χ1v) is 16.6. The van der Waals surface area contributed by atoms with E-state index < -0.39 is 18.3 Å². The molecule has 1 saturated heterocycles. The maximum absolute atomic E-state index is 12.8. The topological polar surface area (TPSA) is 87.7 Å². The maximum Gasteiger partial charge on any atom is 0.317 e. The third kappa shape index (κ3) is 6.98. The van der Waals surface area contributed by atoms with Crippen LogP contribution in [0.5, 0.6) is 5.75 Å². The highest BCUT2D eigenvalue weighted by atomic mass is 32.2. The van der Waals surface area contributed by atoms with Crippen molar-refractivity contribution < 1.29 is 17.6 Å². The lowest BCUT2D eigenvalue weighted by Gasteiger charge is -2.42. The molecule has 194 valence electrons. The van der Waals surface area contributed by atoms with Gasteiger partial charge in [0.05, 0.1) is 12.3 Å². The summed E-state index contributed by atoms with van der Waals surface area (Å²) < 4.78 is 33.8. The van der Waals surface area contributed by atoms with Crippen LogP contribution in [0.15, 0.2) is 24.3 Å². The zero-order valence-corrected chi connectivity index (χ0v) is 24.0. The van der Waals surface area contributed by atoms with Gasteiger partial charge in [0.2, 0.25) is 10.0 Å². The fourth-order valence-corrected chi connectivity index (χ4v) is 11.8. The second kappa shape index (κ2) is 11.9. The first kappa shape index (κ1) is 28.7. The van der Waals surface area contributed by atoms with E-state index >= 15 is 0 Å². The van der Waals surface area contributed by atoms with Crippen LogP contribution in [0.25, 0.3) is 0 Å². The summed E-state index contributed by atoms with van der Waals surface area (Å²) in [5.74, 6) is 0.869. The molecule has 0 bridgehead atoms. The quantitative estimate of drug-likeness (QED) is 0.438. The molecule has 0 aromatic heterocycles. The Kier molecular flexibility index (Phi) is 10.0. The summed E-state index contributed by atoms with van der Waals surface area (Å²) in [6, 6.07) is 7.40. The molecule has 2 rings (SSSR count). The van der Waals surface area contributed by atoms with Crippen molar-refractivity contribution in [2.75, 3.05) is 19.3 Å². The van der Waals surface area contributed by atoms with Crippen LogP contribution < -0.4 is 14.5 Å². The predicted molar refractivity (Wildman–Crippen MR) is 142 cm³/mol. The van der Waals surface area contributed by atoms with Crippen molar-refractivity contribution in [2.45, 2.75) is 96.4 Å². The Morgan fingerprint density at radius 2 is 1.76 bits per heavy atom. The highest BCUT2D eigenvalue weighted by Gasteiger charge is 2.47. The summed E-state index contributed by atoms with van der Waals surface area (Å²) in [5.41, 5.74) is 2.43. The van der Waals surface area contributed by atoms with E-state index in [2.05, 4.69) is 57.6 Å². The number of hydrogen-bond donors (Lipinski definition) is 2. The van der Waals surface area contributed by atoms with Gasteiger partial charge in [0.15, 0.2) is 0 Å². The zero-order chi connectivity index (χ0) is 25.7. The monoisotopic (exact) mass is 511 g/mol. The predicted octanol–water partition coefficient (Wildman–Crippen LogP) is 4.90. The van der Waals surface area contributed by atoms with Crippen molar-refractivity contribution in [2.24, 2.45) is 0 Å². The Bertz CT molecular complexity index is 899. The minimum Gasteiger partial charge on any atom is -0.543 e. The molecule has 1 fully saturated rings. The number of benzene rings is 1. The van der Waals surface area contributed by atoms with Gasteiger partial charge in [0.1, 0.15) is 5.75 Å². The standard InChI is InChI=1S/C25H45N3O4SSi/c1-9-26-25(29)28-15-11-14-23(27-33(8,30)31)24(28)17-21-12-10-13-22(16-21)32-34(18(2)3,19(4)5)20(6)7/h10,12-13,16,18-20,23-24,27H,9,11,14-15,17H2,1-8H3,(H,26,29)/t23-,24-/m1/s1. The molecule has 1 aromatic rings. The summed E-state index contributed by atoms with van der Waals surface area (Å²) in [6.07, 6.45) is 3.20. The van der Waals surface area contributed by atoms with Gasteiger partial charge in [0.25, 0.3) is 8.32 Å². The minimum absolute atomic E-state index is 0.147. The third-order valence-corrected chi connectivity index (χ3v) is 13.8. The molecule has 2 amide bonds. The Hall–Kier alpha value is -1.58. The molecular formula is C25H45N3O4SSi. The summed E-state index contributed by atoms with van der Waals surface area (Å²) in [4.78, 5) is 14.6. The molecule has 9 heteroatoms. The lowest BCUT2D eigenvalue weighted by Crippen LogP contribution is -2.59. The van der Waals surface area contributed by atoms with Crippen LogP contribution in [0.4, 0.5) is 4.79 Å². The van der Waals surface area contributed by atoms with Crippen LogP contribution in [0.1, 0.15) is 66.9 Å². The van der Waals surface area contributed by atoms with E-state index in [1.165, 1.54) is 6.26 Å². The van der Waals surface area contributed by atoms with Crippen molar-refractivity contribution in [3.63, 3.8) is 0 Å². The van der Waals surface area contributed by atoms with E-state index in [4.69, 9.17) is 4.43 Å².